The van der Waals surface area contributed by atoms with Gasteiger partial charge in [0.15, 0.2) is 5.75 Å². The van der Waals surface area contributed by atoms with E-state index in [4.69, 9.17) is 4.74 Å². The third kappa shape index (κ3) is 8.07. The maximum absolute atomic E-state index is 11.8. The molecule has 160 valence electrons. The third-order valence-electron chi connectivity index (χ3n) is 4.93. The minimum atomic E-state index is -4.42. The SMILES string of the molecule is CCCCCCCCCCCc1cccc(S(=O)(=O)O)c1Oc1cccc(O)c1. The molecule has 0 aliphatic heterocycles. The highest BCUT2D eigenvalue weighted by atomic mass is 32.2. The van der Waals surface area contributed by atoms with Crippen LogP contribution in [0.3, 0.4) is 0 Å². The van der Waals surface area contributed by atoms with Gasteiger partial charge in [-0.15, -0.1) is 0 Å². The first-order chi connectivity index (χ1) is 13.9. The molecule has 2 aromatic carbocycles. The van der Waals surface area contributed by atoms with Crippen molar-refractivity contribution in [1.82, 2.24) is 0 Å². The van der Waals surface area contributed by atoms with E-state index in [9.17, 15) is 18.1 Å². The van der Waals surface area contributed by atoms with E-state index >= 15 is 0 Å². The first-order valence-electron chi connectivity index (χ1n) is 10.5. The molecular formula is C23H32O5S. The van der Waals surface area contributed by atoms with Crippen LogP contribution in [0.1, 0.15) is 70.3 Å². The van der Waals surface area contributed by atoms with Gasteiger partial charge in [0.05, 0.1) is 0 Å². The highest BCUT2D eigenvalue weighted by Crippen LogP contribution is 2.34. The second kappa shape index (κ2) is 11.8. The molecule has 0 spiro atoms. The van der Waals surface area contributed by atoms with Crippen LogP contribution in [0.5, 0.6) is 17.2 Å². The Bertz CT molecular complexity index is 861. The molecule has 0 atom stereocenters. The van der Waals surface area contributed by atoms with Crippen LogP contribution >= 0.6 is 0 Å². The van der Waals surface area contributed by atoms with Gasteiger partial charge in [-0.2, -0.15) is 8.42 Å². The topological polar surface area (TPSA) is 83.8 Å². The van der Waals surface area contributed by atoms with Crippen molar-refractivity contribution in [3.63, 3.8) is 0 Å². The molecule has 0 bridgehead atoms. The van der Waals surface area contributed by atoms with Gasteiger partial charge < -0.3 is 9.84 Å². The van der Waals surface area contributed by atoms with Crippen LogP contribution in [0.4, 0.5) is 0 Å². The highest BCUT2D eigenvalue weighted by Gasteiger charge is 2.20. The zero-order chi connectivity index (χ0) is 21.1. The standard InChI is InChI=1S/C23H32O5S/c1-2-3-4-5-6-7-8-9-10-13-19-14-11-17-22(29(25,26)27)23(19)28-21-16-12-15-20(24)18-21/h11-12,14-18,24H,2-10,13H2,1H3,(H,25,26,27). The van der Waals surface area contributed by atoms with Crippen LogP contribution in [-0.2, 0) is 16.5 Å². The van der Waals surface area contributed by atoms with E-state index in [0.717, 1.165) is 24.8 Å². The average Bonchev–Trinajstić information content (AvgIpc) is 2.67. The lowest BCUT2D eigenvalue weighted by molar-refractivity contribution is 0.436. The lowest BCUT2D eigenvalue weighted by Crippen LogP contribution is -2.04. The number of rotatable bonds is 13. The van der Waals surface area contributed by atoms with Gasteiger partial charge in [-0.3, -0.25) is 4.55 Å². The molecule has 2 rings (SSSR count). The summed E-state index contributed by atoms with van der Waals surface area (Å²) in [7, 11) is -4.42. The molecule has 0 radical (unpaired) electrons. The van der Waals surface area contributed by atoms with Gasteiger partial charge in [0, 0.05) is 6.07 Å². The van der Waals surface area contributed by atoms with Crippen LogP contribution in [0.25, 0.3) is 0 Å². The molecule has 29 heavy (non-hydrogen) atoms. The lowest BCUT2D eigenvalue weighted by atomic mass is 10.0. The van der Waals surface area contributed by atoms with Crippen molar-refractivity contribution in [1.29, 1.82) is 0 Å². The monoisotopic (exact) mass is 420 g/mol. The zero-order valence-electron chi connectivity index (χ0n) is 17.1. The summed E-state index contributed by atoms with van der Waals surface area (Å²) in [6, 6.07) is 10.9. The number of benzene rings is 2. The summed E-state index contributed by atoms with van der Waals surface area (Å²) in [6.45, 7) is 2.22. The quantitative estimate of drug-likeness (QED) is 0.285. The maximum Gasteiger partial charge on any atom is 0.298 e. The number of unbranched alkanes of at least 4 members (excludes halogenated alkanes) is 8. The Labute approximate surface area is 174 Å². The Kier molecular flexibility index (Phi) is 9.48. The fraction of sp³-hybridized carbons (Fsp3) is 0.478. The van der Waals surface area contributed by atoms with E-state index in [2.05, 4.69) is 6.92 Å². The molecule has 5 nitrogen and oxygen atoms in total. The van der Waals surface area contributed by atoms with Gasteiger partial charge in [0.25, 0.3) is 10.1 Å². The smallest absolute Gasteiger partial charge is 0.298 e. The maximum atomic E-state index is 11.8. The molecule has 0 fully saturated rings. The molecule has 6 heteroatoms. The van der Waals surface area contributed by atoms with Crippen molar-refractivity contribution >= 4 is 10.1 Å². The van der Waals surface area contributed by atoms with Crippen LogP contribution in [0, 0.1) is 0 Å². The fourth-order valence-corrected chi connectivity index (χ4v) is 4.03. The van der Waals surface area contributed by atoms with Crippen LogP contribution in [-0.4, -0.2) is 18.1 Å². The van der Waals surface area contributed by atoms with Gasteiger partial charge in [0.1, 0.15) is 16.4 Å². The molecule has 0 aliphatic carbocycles. The zero-order valence-corrected chi connectivity index (χ0v) is 18.0. The van der Waals surface area contributed by atoms with Gasteiger partial charge in [-0.25, -0.2) is 0 Å². The molecular weight excluding hydrogens is 388 g/mol. The number of aryl methyl sites for hydroxylation is 1. The van der Waals surface area contributed by atoms with Gasteiger partial charge in [-0.1, -0.05) is 76.5 Å². The Morgan fingerprint density at radius 3 is 2.10 bits per heavy atom. The van der Waals surface area contributed by atoms with Crippen molar-refractivity contribution in [2.24, 2.45) is 0 Å². The summed E-state index contributed by atoms with van der Waals surface area (Å²) >= 11 is 0. The molecule has 2 aromatic rings. The van der Waals surface area contributed by atoms with Gasteiger partial charge in [0.2, 0.25) is 0 Å². The summed E-state index contributed by atoms with van der Waals surface area (Å²) in [5, 5.41) is 9.63. The lowest BCUT2D eigenvalue weighted by Gasteiger charge is -2.14. The number of phenols is 1. The molecule has 0 aliphatic rings. The van der Waals surface area contributed by atoms with Crippen molar-refractivity contribution in [2.75, 3.05) is 0 Å². The number of phenolic OH excluding ortho intramolecular Hbond substituents is 1. The molecule has 0 saturated heterocycles. The van der Waals surface area contributed by atoms with Crippen LogP contribution in [0.15, 0.2) is 47.4 Å². The first-order valence-corrected chi connectivity index (χ1v) is 11.9. The van der Waals surface area contributed by atoms with E-state index in [1.165, 1.54) is 56.7 Å². The minimum Gasteiger partial charge on any atom is -0.508 e. The number of aromatic hydroxyl groups is 1. The number of hydrogen-bond donors (Lipinski definition) is 2. The normalized spacial score (nSPS) is 11.5. The summed E-state index contributed by atoms with van der Waals surface area (Å²) in [5.41, 5.74) is 0.728. The molecule has 0 unspecified atom stereocenters. The van der Waals surface area contributed by atoms with Crippen molar-refractivity contribution in [3.8, 4) is 17.2 Å². The van der Waals surface area contributed by atoms with Crippen LogP contribution in [0.2, 0.25) is 0 Å². The third-order valence-corrected chi connectivity index (χ3v) is 5.80. The van der Waals surface area contributed by atoms with Crippen molar-refractivity contribution in [3.05, 3.63) is 48.0 Å². The van der Waals surface area contributed by atoms with Crippen LogP contribution < -0.4 is 4.74 Å². The predicted octanol–water partition coefficient (Wildman–Crippen LogP) is 6.50. The molecule has 0 heterocycles. The number of hydrogen-bond acceptors (Lipinski definition) is 4. The van der Waals surface area contributed by atoms with E-state index in [1.54, 1.807) is 18.2 Å². The van der Waals surface area contributed by atoms with E-state index in [-0.39, 0.29) is 16.4 Å². The average molecular weight is 421 g/mol. The molecule has 0 amide bonds. The summed E-state index contributed by atoms with van der Waals surface area (Å²) in [4.78, 5) is -0.255. The minimum absolute atomic E-state index is 0.0207. The molecule has 0 aromatic heterocycles. The second-order valence-electron chi connectivity index (χ2n) is 7.40. The fourth-order valence-electron chi connectivity index (χ4n) is 3.37. The summed E-state index contributed by atoms with van der Waals surface area (Å²) in [5.74, 6) is 0.460. The van der Waals surface area contributed by atoms with Crippen molar-refractivity contribution < 1.29 is 22.8 Å². The largest absolute Gasteiger partial charge is 0.508 e. The highest BCUT2D eigenvalue weighted by molar-refractivity contribution is 7.86. The first kappa shape index (κ1) is 23.2. The Balaban J connectivity index is 2.00. The Morgan fingerprint density at radius 2 is 1.48 bits per heavy atom. The Hall–Kier alpha value is -2.05. The summed E-state index contributed by atoms with van der Waals surface area (Å²) < 4.78 is 39.0. The predicted molar refractivity (Wildman–Crippen MR) is 115 cm³/mol. The van der Waals surface area contributed by atoms with Crippen molar-refractivity contribution in [2.45, 2.75) is 76.0 Å². The van der Waals surface area contributed by atoms with E-state index in [0.29, 0.717) is 12.2 Å². The number of para-hydroxylation sites is 1. The number of ether oxygens (including phenoxy) is 1. The van der Waals surface area contributed by atoms with E-state index < -0.39 is 10.1 Å². The van der Waals surface area contributed by atoms with E-state index in [1.807, 2.05) is 6.07 Å². The van der Waals surface area contributed by atoms with Gasteiger partial charge in [-0.05, 0) is 36.6 Å². The summed E-state index contributed by atoms with van der Waals surface area (Å²) in [6.07, 6.45) is 11.5. The Morgan fingerprint density at radius 1 is 0.862 bits per heavy atom. The second-order valence-corrected chi connectivity index (χ2v) is 8.79. The molecule has 2 N–H and O–H groups in total. The van der Waals surface area contributed by atoms with Gasteiger partial charge >= 0.3 is 0 Å². The molecule has 0 saturated carbocycles.